The summed E-state index contributed by atoms with van der Waals surface area (Å²) in [6.07, 6.45) is 1.42. The highest BCUT2D eigenvalue weighted by Gasteiger charge is 2.56. The maximum Gasteiger partial charge on any atom is 0.254 e. The van der Waals surface area contributed by atoms with Crippen LogP contribution in [0.5, 0.6) is 11.5 Å². The number of amides is 2. The SMILES string of the molecule is CCCOc1ccc(C2CN3C(=O)CN(CCc4ccc(F)cc4)C(=O)C3(C)c3[nH]c4ccccc4c32)cc1OCC. The molecule has 218 valence electrons. The van der Waals surface area contributed by atoms with Gasteiger partial charge in [-0.2, -0.15) is 0 Å². The van der Waals surface area contributed by atoms with E-state index in [-0.39, 0.29) is 30.1 Å². The number of para-hydroxylation sites is 1. The average Bonchev–Trinajstić information content (AvgIpc) is 3.39. The second kappa shape index (κ2) is 11.2. The Morgan fingerprint density at radius 2 is 1.79 bits per heavy atom. The molecule has 2 aliphatic rings. The number of carbonyl (C=O) groups is 2. The molecule has 1 fully saturated rings. The molecule has 2 atom stereocenters. The third-order valence-corrected chi connectivity index (χ3v) is 8.53. The molecule has 2 unspecified atom stereocenters. The van der Waals surface area contributed by atoms with E-state index in [2.05, 4.69) is 18.0 Å². The fraction of sp³-hybridized carbons (Fsp3) is 0.353. The van der Waals surface area contributed by atoms with Gasteiger partial charge in [0.2, 0.25) is 5.91 Å². The predicted octanol–water partition coefficient (Wildman–Crippen LogP) is 5.77. The summed E-state index contributed by atoms with van der Waals surface area (Å²) in [5.74, 6) is 0.679. The van der Waals surface area contributed by atoms with Crippen molar-refractivity contribution in [2.75, 3.05) is 32.8 Å². The zero-order valence-corrected chi connectivity index (χ0v) is 24.3. The molecule has 0 aliphatic carbocycles. The van der Waals surface area contributed by atoms with Crippen LogP contribution in [0.4, 0.5) is 4.39 Å². The fourth-order valence-electron chi connectivity index (χ4n) is 6.41. The fourth-order valence-corrected chi connectivity index (χ4v) is 6.41. The van der Waals surface area contributed by atoms with Crippen molar-refractivity contribution in [1.82, 2.24) is 14.8 Å². The van der Waals surface area contributed by atoms with Gasteiger partial charge in [-0.3, -0.25) is 9.59 Å². The largest absolute Gasteiger partial charge is 0.490 e. The lowest BCUT2D eigenvalue weighted by molar-refractivity contribution is -0.166. The number of carbonyl (C=O) groups excluding carboxylic acids is 2. The van der Waals surface area contributed by atoms with E-state index in [4.69, 9.17) is 9.47 Å². The molecule has 8 heteroatoms. The number of aromatic nitrogens is 1. The first-order valence-electron chi connectivity index (χ1n) is 14.7. The summed E-state index contributed by atoms with van der Waals surface area (Å²) in [6, 6.07) is 20.3. The van der Waals surface area contributed by atoms with Crippen LogP contribution < -0.4 is 9.47 Å². The van der Waals surface area contributed by atoms with Crippen LogP contribution in [-0.4, -0.2) is 59.4 Å². The van der Waals surface area contributed by atoms with Crippen LogP contribution in [0.25, 0.3) is 10.9 Å². The van der Waals surface area contributed by atoms with E-state index in [0.29, 0.717) is 44.2 Å². The Kier molecular flexibility index (Phi) is 7.39. The van der Waals surface area contributed by atoms with Crippen molar-refractivity contribution in [3.05, 3.63) is 94.9 Å². The number of aromatic amines is 1. The van der Waals surface area contributed by atoms with Crippen LogP contribution in [-0.2, 0) is 21.5 Å². The van der Waals surface area contributed by atoms with Gasteiger partial charge in [-0.05, 0) is 73.7 Å². The topological polar surface area (TPSA) is 74.9 Å². The van der Waals surface area contributed by atoms with Crippen LogP contribution >= 0.6 is 0 Å². The molecule has 1 N–H and O–H groups in total. The second-order valence-electron chi connectivity index (χ2n) is 11.2. The van der Waals surface area contributed by atoms with E-state index in [0.717, 1.165) is 39.7 Å². The minimum absolute atomic E-state index is 0.00584. The van der Waals surface area contributed by atoms with Gasteiger partial charge in [-0.1, -0.05) is 43.3 Å². The van der Waals surface area contributed by atoms with Crippen molar-refractivity contribution in [2.24, 2.45) is 0 Å². The maximum absolute atomic E-state index is 14.3. The summed E-state index contributed by atoms with van der Waals surface area (Å²) in [6.45, 7) is 7.70. The Hall–Kier alpha value is -4.33. The number of piperazine rings is 1. The summed E-state index contributed by atoms with van der Waals surface area (Å²) in [4.78, 5) is 35.0. The minimum Gasteiger partial charge on any atom is -0.490 e. The number of nitrogens with zero attached hydrogens (tertiary/aromatic N) is 2. The molecule has 6 rings (SSSR count). The molecule has 3 heterocycles. The Morgan fingerprint density at radius 3 is 2.55 bits per heavy atom. The third-order valence-electron chi connectivity index (χ3n) is 8.53. The zero-order valence-electron chi connectivity index (χ0n) is 24.3. The average molecular weight is 570 g/mol. The number of rotatable bonds is 9. The first-order valence-corrected chi connectivity index (χ1v) is 14.7. The van der Waals surface area contributed by atoms with E-state index in [1.54, 1.807) is 21.9 Å². The number of hydrogen-bond donors (Lipinski definition) is 1. The van der Waals surface area contributed by atoms with Gasteiger partial charge in [0.1, 0.15) is 5.82 Å². The summed E-state index contributed by atoms with van der Waals surface area (Å²) in [5.41, 5.74) is 3.41. The molecule has 0 spiro atoms. The van der Waals surface area contributed by atoms with Crippen molar-refractivity contribution < 1.29 is 23.5 Å². The molecule has 42 heavy (non-hydrogen) atoms. The third kappa shape index (κ3) is 4.68. The quantitative estimate of drug-likeness (QED) is 0.278. The van der Waals surface area contributed by atoms with Crippen LogP contribution in [0.2, 0.25) is 0 Å². The van der Waals surface area contributed by atoms with E-state index in [1.165, 1.54) is 12.1 Å². The van der Waals surface area contributed by atoms with Gasteiger partial charge in [0.15, 0.2) is 17.0 Å². The summed E-state index contributed by atoms with van der Waals surface area (Å²) in [5, 5.41) is 1.03. The molecule has 7 nitrogen and oxygen atoms in total. The summed E-state index contributed by atoms with van der Waals surface area (Å²) in [7, 11) is 0. The summed E-state index contributed by atoms with van der Waals surface area (Å²) >= 11 is 0. The lowest BCUT2D eigenvalue weighted by Gasteiger charge is -2.51. The predicted molar refractivity (Wildman–Crippen MR) is 159 cm³/mol. The summed E-state index contributed by atoms with van der Waals surface area (Å²) < 4.78 is 25.3. The first-order chi connectivity index (χ1) is 20.3. The Bertz CT molecular complexity index is 1630. The molecule has 1 aromatic heterocycles. The van der Waals surface area contributed by atoms with Crippen molar-refractivity contribution in [3.63, 3.8) is 0 Å². The maximum atomic E-state index is 14.3. The van der Waals surface area contributed by atoms with E-state index in [1.807, 2.05) is 50.2 Å². The molecule has 0 bridgehead atoms. The lowest BCUT2D eigenvalue weighted by Crippen LogP contribution is -2.67. The van der Waals surface area contributed by atoms with Crippen LogP contribution in [0.15, 0.2) is 66.7 Å². The number of nitrogens with one attached hydrogen (secondary N) is 1. The monoisotopic (exact) mass is 569 g/mol. The normalized spacial score (nSPS) is 20.0. The minimum atomic E-state index is -1.18. The molecule has 2 amide bonds. The number of benzene rings is 3. The molecule has 3 aromatic carbocycles. The molecular weight excluding hydrogens is 533 g/mol. The highest BCUT2D eigenvalue weighted by Crippen LogP contribution is 2.49. The van der Waals surface area contributed by atoms with Gasteiger partial charge in [0.05, 0.1) is 25.5 Å². The van der Waals surface area contributed by atoms with Crippen molar-refractivity contribution in [1.29, 1.82) is 0 Å². The number of H-pyrrole nitrogens is 1. The number of hydrogen-bond acceptors (Lipinski definition) is 4. The van der Waals surface area contributed by atoms with Gasteiger partial charge in [-0.15, -0.1) is 0 Å². The van der Waals surface area contributed by atoms with Crippen LogP contribution in [0.1, 0.15) is 55.5 Å². The van der Waals surface area contributed by atoms with Crippen LogP contribution in [0, 0.1) is 5.82 Å². The molecule has 0 saturated carbocycles. The highest BCUT2D eigenvalue weighted by atomic mass is 19.1. The smallest absolute Gasteiger partial charge is 0.254 e. The molecule has 4 aromatic rings. The molecule has 1 saturated heterocycles. The lowest BCUT2D eigenvalue weighted by atomic mass is 9.76. The van der Waals surface area contributed by atoms with Crippen LogP contribution in [0.3, 0.4) is 0 Å². The van der Waals surface area contributed by atoms with Gasteiger partial charge in [-0.25, -0.2) is 4.39 Å². The van der Waals surface area contributed by atoms with E-state index in [9.17, 15) is 14.0 Å². The molecule has 0 radical (unpaired) electrons. The second-order valence-corrected chi connectivity index (χ2v) is 11.2. The van der Waals surface area contributed by atoms with Crippen molar-refractivity contribution in [2.45, 2.75) is 45.1 Å². The van der Waals surface area contributed by atoms with Gasteiger partial charge >= 0.3 is 0 Å². The van der Waals surface area contributed by atoms with E-state index >= 15 is 0 Å². The molecule has 2 aliphatic heterocycles. The number of ether oxygens (including phenoxy) is 2. The highest BCUT2D eigenvalue weighted by molar-refractivity contribution is 6.01. The van der Waals surface area contributed by atoms with Crippen molar-refractivity contribution in [3.8, 4) is 11.5 Å². The Morgan fingerprint density at radius 1 is 1.00 bits per heavy atom. The first kappa shape index (κ1) is 27.8. The van der Waals surface area contributed by atoms with Gasteiger partial charge < -0.3 is 24.3 Å². The van der Waals surface area contributed by atoms with E-state index < -0.39 is 5.54 Å². The number of halogens is 1. The van der Waals surface area contributed by atoms with Crippen molar-refractivity contribution >= 4 is 22.7 Å². The Labute approximate surface area is 245 Å². The number of fused-ring (bicyclic) bond motifs is 5. The Balaban J connectivity index is 1.41. The standard InChI is InChI=1S/C34H36FN3O4/c1-4-18-42-28-15-12-23(19-29(28)41-5-2)26-20-38-30(39)21-37(17-16-22-10-13-24(35)14-11-22)33(40)34(38,3)32-31(26)25-8-6-7-9-27(25)36-32/h6-15,19,26,36H,4-5,16-18,20-21H2,1-3H3. The molecular formula is C34H36FN3O4. The zero-order chi connectivity index (χ0) is 29.4. The van der Waals surface area contributed by atoms with Gasteiger partial charge in [0, 0.05) is 29.9 Å². The van der Waals surface area contributed by atoms with Gasteiger partial charge in [0.25, 0.3) is 5.91 Å².